The van der Waals surface area contributed by atoms with E-state index in [1.807, 2.05) is 0 Å². The second-order valence-corrected chi connectivity index (χ2v) is 7.55. The van der Waals surface area contributed by atoms with Crippen molar-refractivity contribution in [2.75, 3.05) is 12.3 Å². The van der Waals surface area contributed by atoms with E-state index in [4.69, 9.17) is 5.73 Å². The summed E-state index contributed by atoms with van der Waals surface area (Å²) in [5, 5.41) is 2.87. The number of benzene rings is 1. The minimum absolute atomic E-state index is 0.0419. The van der Waals surface area contributed by atoms with Crippen LogP contribution in [0.2, 0.25) is 0 Å². The van der Waals surface area contributed by atoms with Crippen molar-refractivity contribution in [1.82, 2.24) is 5.32 Å². The molecule has 1 atom stereocenters. The van der Waals surface area contributed by atoms with Crippen molar-refractivity contribution in [3.05, 3.63) is 29.8 Å². The van der Waals surface area contributed by atoms with Crippen molar-refractivity contribution >= 4 is 15.7 Å². The number of carbonyl (C=O) groups is 1. The number of hydrogen-bond donors (Lipinski definition) is 2. The topological polar surface area (TPSA) is 89.3 Å². The van der Waals surface area contributed by atoms with Gasteiger partial charge in [-0.2, -0.15) is 0 Å². The summed E-state index contributed by atoms with van der Waals surface area (Å²) in [4.78, 5) is 12.5. The standard InChI is InChI=1S/C15H22N2O3S/c1-2-9-21(19,20)14-6-4-3-5-12(14)15(18)17-13(10-16)11-7-8-11/h3-6,11,13H,2,7-10,16H2,1H3,(H,17,18). The highest BCUT2D eigenvalue weighted by Crippen LogP contribution is 2.32. The first kappa shape index (κ1) is 16.0. The zero-order valence-electron chi connectivity index (χ0n) is 12.2. The van der Waals surface area contributed by atoms with Gasteiger partial charge in [0.1, 0.15) is 0 Å². The van der Waals surface area contributed by atoms with Crippen LogP contribution in [0.5, 0.6) is 0 Å². The van der Waals surface area contributed by atoms with Gasteiger partial charge in [-0.25, -0.2) is 8.42 Å². The van der Waals surface area contributed by atoms with Gasteiger partial charge in [0.25, 0.3) is 5.91 Å². The number of amides is 1. The maximum atomic E-state index is 12.4. The van der Waals surface area contributed by atoms with Crippen LogP contribution in [0, 0.1) is 5.92 Å². The van der Waals surface area contributed by atoms with Crippen molar-refractivity contribution < 1.29 is 13.2 Å². The monoisotopic (exact) mass is 310 g/mol. The van der Waals surface area contributed by atoms with Crippen molar-refractivity contribution in [3.8, 4) is 0 Å². The Morgan fingerprint density at radius 3 is 2.62 bits per heavy atom. The normalized spacial score (nSPS) is 16.5. The molecule has 1 amide bonds. The molecule has 1 aromatic carbocycles. The van der Waals surface area contributed by atoms with Crippen LogP contribution in [-0.4, -0.2) is 32.7 Å². The molecule has 1 unspecified atom stereocenters. The fraction of sp³-hybridized carbons (Fsp3) is 0.533. The highest BCUT2D eigenvalue weighted by Gasteiger charge is 2.32. The Labute approximate surface area is 125 Å². The third-order valence-corrected chi connectivity index (χ3v) is 5.67. The summed E-state index contributed by atoms with van der Waals surface area (Å²) in [7, 11) is -3.43. The van der Waals surface area contributed by atoms with Gasteiger partial charge in [-0.1, -0.05) is 19.1 Å². The van der Waals surface area contributed by atoms with Crippen LogP contribution in [0.1, 0.15) is 36.5 Å². The van der Waals surface area contributed by atoms with E-state index in [0.717, 1.165) is 12.8 Å². The van der Waals surface area contributed by atoms with Gasteiger partial charge in [0.05, 0.1) is 16.2 Å². The van der Waals surface area contributed by atoms with Gasteiger partial charge in [-0.05, 0) is 37.3 Å². The molecule has 1 aliphatic rings. The first-order valence-corrected chi connectivity index (χ1v) is 8.97. The molecule has 0 bridgehead atoms. The molecule has 0 aromatic heterocycles. The predicted octanol–water partition coefficient (Wildman–Crippen LogP) is 1.34. The lowest BCUT2D eigenvalue weighted by molar-refractivity contribution is 0.0930. The summed E-state index contributed by atoms with van der Waals surface area (Å²) in [5.41, 5.74) is 5.89. The summed E-state index contributed by atoms with van der Waals surface area (Å²) in [6.45, 7) is 2.18. The van der Waals surface area contributed by atoms with Crippen LogP contribution < -0.4 is 11.1 Å². The zero-order chi connectivity index (χ0) is 15.5. The second-order valence-electron chi connectivity index (χ2n) is 5.47. The SMILES string of the molecule is CCCS(=O)(=O)c1ccccc1C(=O)NC(CN)C1CC1. The molecule has 0 heterocycles. The van der Waals surface area contributed by atoms with Gasteiger partial charge >= 0.3 is 0 Å². The maximum absolute atomic E-state index is 12.4. The molecule has 6 heteroatoms. The van der Waals surface area contributed by atoms with E-state index in [0.29, 0.717) is 18.9 Å². The van der Waals surface area contributed by atoms with E-state index in [-0.39, 0.29) is 28.2 Å². The van der Waals surface area contributed by atoms with E-state index in [9.17, 15) is 13.2 Å². The molecular formula is C15H22N2O3S. The Bertz CT molecular complexity index is 609. The van der Waals surface area contributed by atoms with Gasteiger partial charge in [0.2, 0.25) is 0 Å². The van der Waals surface area contributed by atoms with Gasteiger partial charge < -0.3 is 11.1 Å². The van der Waals surface area contributed by atoms with E-state index in [1.165, 1.54) is 6.07 Å². The summed E-state index contributed by atoms with van der Waals surface area (Å²) in [6.07, 6.45) is 2.65. The van der Waals surface area contributed by atoms with Crippen LogP contribution in [0.25, 0.3) is 0 Å². The van der Waals surface area contributed by atoms with Crippen LogP contribution in [0.15, 0.2) is 29.2 Å². The Morgan fingerprint density at radius 1 is 1.38 bits per heavy atom. The fourth-order valence-corrected chi connectivity index (χ4v) is 3.96. The largest absolute Gasteiger partial charge is 0.348 e. The second kappa shape index (κ2) is 6.58. The third-order valence-electron chi connectivity index (χ3n) is 3.70. The van der Waals surface area contributed by atoms with E-state index in [1.54, 1.807) is 25.1 Å². The lowest BCUT2D eigenvalue weighted by Crippen LogP contribution is -2.42. The predicted molar refractivity (Wildman–Crippen MR) is 81.8 cm³/mol. The third kappa shape index (κ3) is 3.83. The number of rotatable bonds is 7. The van der Waals surface area contributed by atoms with Crippen molar-refractivity contribution in [2.45, 2.75) is 37.1 Å². The molecule has 1 aromatic rings. The van der Waals surface area contributed by atoms with Crippen LogP contribution >= 0.6 is 0 Å². The van der Waals surface area contributed by atoms with E-state index >= 15 is 0 Å². The number of carbonyl (C=O) groups excluding carboxylic acids is 1. The lowest BCUT2D eigenvalue weighted by atomic mass is 10.1. The molecule has 1 aliphatic carbocycles. The van der Waals surface area contributed by atoms with Crippen molar-refractivity contribution in [2.24, 2.45) is 11.7 Å². The molecule has 0 spiro atoms. The average Bonchev–Trinajstić information content (AvgIpc) is 3.29. The van der Waals surface area contributed by atoms with Crippen molar-refractivity contribution in [1.29, 1.82) is 0 Å². The molecule has 5 nitrogen and oxygen atoms in total. The Morgan fingerprint density at radius 2 is 2.05 bits per heavy atom. The number of nitrogens with one attached hydrogen (secondary N) is 1. The highest BCUT2D eigenvalue weighted by atomic mass is 32.2. The smallest absolute Gasteiger partial charge is 0.252 e. The minimum atomic E-state index is -3.43. The molecule has 0 radical (unpaired) electrons. The minimum Gasteiger partial charge on any atom is -0.348 e. The number of sulfone groups is 1. The number of hydrogen-bond acceptors (Lipinski definition) is 4. The highest BCUT2D eigenvalue weighted by molar-refractivity contribution is 7.91. The molecule has 0 saturated heterocycles. The quantitative estimate of drug-likeness (QED) is 0.795. The Balaban J connectivity index is 2.25. The molecule has 3 N–H and O–H groups in total. The molecule has 21 heavy (non-hydrogen) atoms. The molecular weight excluding hydrogens is 288 g/mol. The van der Waals surface area contributed by atoms with Gasteiger partial charge in [0.15, 0.2) is 9.84 Å². The van der Waals surface area contributed by atoms with Crippen molar-refractivity contribution in [3.63, 3.8) is 0 Å². The van der Waals surface area contributed by atoms with E-state index in [2.05, 4.69) is 5.32 Å². The summed E-state index contributed by atoms with van der Waals surface area (Å²) < 4.78 is 24.5. The van der Waals surface area contributed by atoms with Gasteiger partial charge in [-0.15, -0.1) is 0 Å². The Kier molecular flexibility index (Phi) is 5.00. The lowest BCUT2D eigenvalue weighted by Gasteiger charge is -2.17. The number of nitrogens with two attached hydrogens (primary N) is 1. The first-order valence-electron chi connectivity index (χ1n) is 7.32. The average molecular weight is 310 g/mol. The van der Waals surface area contributed by atoms with Crippen LogP contribution in [-0.2, 0) is 9.84 Å². The summed E-state index contributed by atoms with van der Waals surface area (Å²) in [6, 6.07) is 6.29. The van der Waals surface area contributed by atoms with Crippen LogP contribution in [0.4, 0.5) is 0 Å². The molecule has 0 aliphatic heterocycles. The van der Waals surface area contributed by atoms with Gasteiger partial charge in [0, 0.05) is 12.6 Å². The molecule has 1 fully saturated rings. The first-order chi connectivity index (χ1) is 9.99. The summed E-state index contributed by atoms with van der Waals surface area (Å²) >= 11 is 0. The molecule has 1 saturated carbocycles. The van der Waals surface area contributed by atoms with E-state index < -0.39 is 9.84 Å². The molecule has 116 valence electrons. The molecule has 2 rings (SSSR count). The van der Waals surface area contributed by atoms with Crippen LogP contribution in [0.3, 0.4) is 0 Å². The summed E-state index contributed by atoms with van der Waals surface area (Å²) in [5.74, 6) is 0.117. The zero-order valence-corrected chi connectivity index (χ0v) is 13.0. The Hall–Kier alpha value is -1.40. The fourth-order valence-electron chi connectivity index (χ4n) is 2.42. The van der Waals surface area contributed by atoms with Gasteiger partial charge in [-0.3, -0.25) is 4.79 Å². The maximum Gasteiger partial charge on any atom is 0.252 e.